The molecule has 0 saturated heterocycles. The van der Waals surface area contributed by atoms with Crippen LogP contribution in [0, 0.1) is 5.92 Å². The summed E-state index contributed by atoms with van der Waals surface area (Å²) in [5.41, 5.74) is 5.24. The summed E-state index contributed by atoms with van der Waals surface area (Å²) in [5.74, 6) is -1.92. The van der Waals surface area contributed by atoms with Crippen molar-refractivity contribution >= 4 is 13.6 Å². The van der Waals surface area contributed by atoms with Crippen LogP contribution >= 0.6 is 7.60 Å². The van der Waals surface area contributed by atoms with Gasteiger partial charge in [0.05, 0.1) is 6.16 Å². The first kappa shape index (κ1) is 12.6. The van der Waals surface area contributed by atoms with E-state index in [2.05, 4.69) is 0 Å². The average molecular weight is 211 g/mol. The number of rotatable bonds is 5. The van der Waals surface area contributed by atoms with E-state index >= 15 is 0 Å². The number of carboxylic acid groups (broad SMARTS) is 1. The summed E-state index contributed by atoms with van der Waals surface area (Å²) in [6.45, 7) is 1.64. The molecule has 0 amide bonds. The Labute approximate surface area is 75.9 Å². The summed E-state index contributed by atoms with van der Waals surface area (Å²) in [5, 5.41) is 8.50. The largest absolute Gasteiger partial charge is 0.480 e. The molecule has 0 fully saturated rings. The third kappa shape index (κ3) is 5.00. The van der Waals surface area contributed by atoms with Crippen LogP contribution in [0.15, 0.2) is 0 Å². The van der Waals surface area contributed by atoms with Crippen molar-refractivity contribution in [2.24, 2.45) is 11.7 Å². The third-order valence-corrected chi connectivity index (χ3v) is 2.73. The van der Waals surface area contributed by atoms with Gasteiger partial charge in [-0.05, 0) is 5.92 Å². The van der Waals surface area contributed by atoms with Crippen molar-refractivity contribution < 1.29 is 24.3 Å². The fourth-order valence-electron chi connectivity index (χ4n) is 1.00. The number of carboxylic acids is 1. The van der Waals surface area contributed by atoms with Crippen LogP contribution in [0.4, 0.5) is 0 Å². The van der Waals surface area contributed by atoms with Crippen molar-refractivity contribution in [2.45, 2.75) is 19.4 Å². The Bertz CT molecular complexity index is 225. The zero-order valence-corrected chi connectivity index (χ0v) is 8.15. The highest BCUT2D eigenvalue weighted by Gasteiger charge is 2.29. The minimum atomic E-state index is -4.18. The molecule has 0 aromatic rings. The van der Waals surface area contributed by atoms with Gasteiger partial charge in [-0.3, -0.25) is 9.36 Å². The lowest BCUT2D eigenvalue weighted by Gasteiger charge is -2.19. The van der Waals surface area contributed by atoms with Crippen molar-refractivity contribution in [1.82, 2.24) is 0 Å². The predicted octanol–water partition coefficient (Wildman–Crippen LogP) is -0.398. The molecule has 7 heteroatoms. The molecule has 0 aliphatic carbocycles. The van der Waals surface area contributed by atoms with Gasteiger partial charge in [0.2, 0.25) is 0 Å². The fourth-order valence-corrected chi connectivity index (χ4v) is 2.10. The molecule has 0 aromatic carbocycles. The van der Waals surface area contributed by atoms with Crippen molar-refractivity contribution in [1.29, 1.82) is 0 Å². The maximum Gasteiger partial charge on any atom is 0.325 e. The second kappa shape index (κ2) is 4.72. The molecule has 0 aliphatic heterocycles. The van der Waals surface area contributed by atoms with Gasteiger partial charge in [0.15, 0.2) is 0 Å². The Morgan fingerprint density at radius 2 is 2.00 bits per heavy atom. The van der Waals surface area contributed by atoms with Crippen LogP contribution in [0.1, 0.15) is 13.3 Å². The van der Waals surface area contributed by atoms with Gasteiger partial charge in [-0.2, -0.15) is 0 Å². The first-order valence-corrected chi connectivity index (χ1v) is 5.60. The standard InChI is InChI=1S/C6H14NO5P/c1-2-4(3-13(10,11)12)5(7)6(8)9/h4-5H,2-3,7H2,1H3,(H,8,9)(H2,10,11,12). The molecular weight excluding hydrogens is 197 g/mol. The van der Waals surface area contributed by atoms with E-state index in [0.717, 1.165) is 0 Å². The molecule has 13 heavy (non-hydrogen) atoms. The highest BCUT2D eigenvalue weighted by molar-refractivity contribution is 7.51. The van der Waals surface area contributed by atoms with Gasteiger partial charge in [0, 0.05) is 0 Å². The van der Waals surface area contributed by atoms with E-state index in [1.54, 1.807) is 6.92 Å². The second-order valence-electron chi connectivity index (χ2n) is 2.88. The molecule has 0 aromatic heterocycles. The summed E-state index contributed by atoms with van der Waals surface area (Å²) < 4.78 is 10.6. The maximum absolute atomic E-state index is 10.6. The number of aliphatic carboxylic acids is 1. The average Bonchev–Trinajstić information content (AvgIpc) is 1.97. The van der Waals surface area contributed by atoms with Gasteiger partial charge in [0.1, 0.15) is 6.04 Å². The molecule has 2 unspecified atom stereocenters. The van der Waals surface area contributed by atoms with Crippen LogP contribution < -0.4 is 5.73 Å². The highest BCUT2D eigenvalue weighted by atomic mass is 31.2. The Morgan fingerprint density at radius 1 is 1.54 bits per heavy atom. The molecular formula is C6H14NO5P. The summed E-state index contributed by atoms with van der Waals surface area (Å²) >= 11 is 0. The summed E-state index contributed by atoms with van der Waals surface area (Å²) in [4.78, 5) is 27.6. The van der Waals surface area contributed by atoms with Crippen molar-refractivity contribution in [3.8, 4) is 0 Å². The van der Waals surface area contributed by atoms with Crippen molar-refractivity contribution in [2.75, 3.05) is 6.16 Å². The number of hydrogen-bond donors (Lipinski definition) is 4. The lowest BCUT2D eigenvalue weighted by atomic mass is 10.0. The molecule has 0 radical (unpaired) electrons. The molecule has 0 spiro atoms. The first-order valence-electron chi connectivity index (χ1n) is 3.81. The van der Waals surface area contributed by atoms with E-state index in [1.165, 1.54) is 0 Å². The smallest absolute Gasteiger partial charge is 0.325 e. The predicted molar refractivity (Wildman–Crippen MR) is 46.3 cm³/mol. The van der Waals surface area contributed by atoms with Crippen LogP contribution in [-0.4, -0.2) is 33.1 Å². The fraction of sp³-hybridized carbons (Fsp3) is 0.833. The van der Waals surface area contributed by atoms with E-state index < -0.39 is 31.7 Å². The topological polar surface area (TPSA) is 121 Å². The summed E-state index contributed by atoms with van der Waals surface area (Å²) in [6, 6.07) is -1.21. The quantitative estimate of drug-likeness (QED) is 0.459. The Balaban J connectivity index is 4.35. The van der Waals surface area contributed by atoms with Gasteiger partial charge < -0.3 is 20.6 Å². The molecule has 0 rings (SSSR count). The minimum Gasteiger partial charge on any atom is -0.480 e. The molecule has 6 nitrogen and oxygen atoms in total. The van der Waals surface area contributed by atoms with Gasteiger partial charge >= 0.3 is 13.6 Å². The molecule has 0 bridgehead atoms. The van der Waals surface area contributed by atoms with Gasteiger partial charge in [-0.15, -0.1) is 0 Å². The van der Waals surface area contributed by atoms with E-state index in [0.29, 0.717) is 6.42 Å². The van der Waals surface area contributed by atoms with Gasteiger partial charge in [-0.25, -0.2) is 0 Å². The second-order valence-corrected chi connectivity index (χ2v) is 4.57. The SMILES string of the molecule is CCC(CP(=O)(O)O)C(N)C(=O)O. The molecule has 78 valence electrons. The van der Waals surface area contributed by atoms with E-state index in [-0.39, 0.29) is 0 Å². The Hall–Kier alpha value is -0.420. The first-order chi connectivity index (χ1) is 5.78. The molecule has 0 heterocycles. The van der Waals surface area contributed by atoms with Crippen LogP contribution in [0.2, 0.25) is 0 Å². The Kier molecular flexibility index (Phi) is 4.56. The molecule has 5 N–H and O–H groups in total. The lowest BCUT2D eigenvalue weighted by Crippen LogP contribution is -2.39. The van der Waals surface area contributed by atoms with Crippen LogP contribution in [0.25, 0.3) is 0 Å². The van der Waals surface area contributed by atoms with Crippen molar-refractivity contribution in [3.05, 3.63) is 0 Å². The van der Waals surface area contributed by atoms with E-state index in [9.17, 15) is 9.36 Å². The van der Waals surface area contributed by atoms with Crippen molar-refractivity contribution in [3.63, 3.8) is 0 Å². The zero-order chi connectivity index (χ0) is 10.6. The summed E-state index contributed by atoms with van der Waals surface area (Å²) in [6.07, 6.45) is -0.143. The minimum absolute atomic E-state index is 0.332. The molecule has 0 saturated carbocycles. The number of carbonyl (C=O) groups is 1. The van der Waals surface area contributed by atoms with Gasteiger partial charge in [0.25, 0.3) is 0 Å². The zero-order valence-electron chi connectivity index (χ0n) is 7.25. The normalized spacial score (nSPS) is 16.6. The number of nitrogens with two attached hydrogens (primary N) is 1. The maximum atomic E-state index is 10.6. The van der Waals surface area contributed by atoms with Crippen LogP contribution in [0.5, 0.6) is 0 Å². The van der Waals surface area contributed by atoms with Gasteiger partial charge in [-0.1, -0.05) is 13.3 Å². The Morgan fingerprint density at radius 3 is 2.23 bits per heavy atom. The van der Waals surface area contributed by atoms with Crippen LogP contribution in [-0.2, 0) is 9.36 Å². The third-order valence-electron chi connectivity index (χ3n) is 1.79. The number of hydrogen-bond acceptors (Lipinski definition) is 3. The monoisotopic (exact) mass is 211 g/mol. The van der Waals surface area contributed by atoms with E-state index in [1.807, 2.05) is 0 Å². The highest BCUT2D eigenvalue weighted by Crippen LogP contribution is 2.38. The molecule has 2 atom stereocenters. The summed E-state index contributed by atoms with van der Waals surface area (Å²) in [7, 11) is -4.18. The van der Waals surface area contributed by atoms with E-state index in [4.69, 9.17) is 20.6 Å². The molecule has 0 aliphatic rings. The van der Waals surface area contributed by atoms with Crippen LogP contribution in [0.3, 0.4) is 0 Å². The lowest BCUT2D eigenvalue weighted by molar-refractivity contribution is -0.139.